The molecule has 0 unspecified atom stereocenters. The van der Waals surface area contributed by atoms with Crippen LogP contribution in [0.2, 0.25) is 0 Å². The number of benzene rings is 2. The van der Waals surface area contributed by atoms with Crippen molar-refractivity contribution in [2.75, 3.05) is 5.73 Å². The van der Waals surface area contributed by atoms with Crippen molar-refractivity contribution < 1.29 is 0 Å². The number of hydrogen-bond donors (Lipinski definition) is 1. The number of anilines is 1. The Hall–Kier alpha value is -2.07. The number of nitrogen functional groups attached to an aromatic ring is 1. The van der Waals surface area contributed by atoms with Crippen molar-refractivity contribution in [3.63, 3.8) is 0 Å². The van der Waals surface area contributed by atoms with Gasteiger partial charge >= 0.3 is 0 Å². The maximum atomic E-state index is 12.2. The second-order valence-electron chi connectivity index (χ2n) is 4.13. The Kier molecular flexibility index (Phi) is 2.64. The van der Waals surface area contributed by atoms with Crippen LogP contribution in [0.25, 0.3) is 10.1 Å². The number of rotatable bonds is 2. The van der Waals surface area contributed by atoms with Crippen LogP contribution in [0.15, 0.2) is 53.3 Å². The lowest BCUT2D eigenvalue weighted by molar-refractivity contribution is 0.857. The summed E-state index contributed by atoms with van der Waals surface area (Å²) in [6.45, 7) is 0.533. The van der Waals surface area contributed by atoms with Crippen molar-refractivity contribution >= 4 is 27.3 Å². The highest BCUT2D eigenvalue weighted by Crippen LogP contribution is 2.18. The molecular formula is C14H12N2OS. The summed E-state index contributed by atoms with van der Waals surface area (Å²) in [4.78, 5) is 12.2. The largest absolute Gasteiger partial charge is 0.398 e. The van der Waals surface area contributed by atoms with E-state index in [4.69, 9.17) is 5.73 Å². The summed E-state index contributed by atoms with van der Waals surface area (Å²) >= 11 is 1.48. The summed E-state index contributed by atoms with van der Waals surface area (Å²) in [6, 6.07) is 15.3. The first-order valence-electron chi connectivity index (χ1n) is 5.68. The Morgan fingerprint density at radius 3 is 2.56 bits per heavy atom. The van der Waals surface area contributed by atoms with E-state index in [9.17, 15) is 4.79 Å². The van der Waals surface area contributed by atoms with Crippen LogP contribution in [-0.4, -0.2) is 3.96 Å². The van der Waals surface area contributed by atoms with E-state index in [2.05, 4.69) is 0 Å². The van der Waals surface area contributed by atoms with Gasteiger partial charge in [-0.3, -0.25) is 8.75 Å². The van der Waals surface area contributed by atoms with Crippen molar-refractivity contribution in [1.29, 1.82) is 0 Å². The molecule has 3 nitrogen and oxygen atoms in total. The number of aromatic nitrogens is 1. The summed E-state index contributed by atoms with van der Waals surface area (Å²) in [7, 11) is 0. The third-order valence-electron chi connectivity index (χ3n) is 2.92. The molecule has 3 aromatic rings. The van der Waals surface area contributed by atoms with Crippen LogP contribution in [0.5, 0.6) is 0 Å². The fourth-order valence-electron chi connectivity index (χ4n) is 1.95. The molecule has 0 bridgehead atoms. The van der Waals surface area contributed by atoms with Gasteiger partial charge in [-0.25, -0.2) is 0 Å². The number of nitrogens with zero attached hydrogens (tertiary/aromatic N) is 1. The minimum atomic E-state index is 0.0545. The molecule has 0 atom stereocenters. The Bertz CT molecular complexity index is 758. The molecule has 0 amide bonds. The molecule has 90 valence electrons. The van der Waals surface area contributed by atoms with Crippen molar-refractivity contribution in [2.24, 2.45) is 0 Å². The monoisotopic (exact) mass is 256 g/mol. The summed E-state index contributed by atoms with van der Waals surface area (Å²) in [5.41, 5.74) is 7.66. The van der Waals surface area contributed by atoms with Crippen LogP contribution < -0.4 is 11.3 Å². The van der Waals surface area contributed by atoms with Gasteiger partial charge in [-0.15, -0.1) is 0 Å². The fourth-order valence-corrected chi connectivity index (χ4v) is 2.97. The van der Waals surface area contributed by atoms with Crippen LogP contribution >= 0.6 is 11.5 Å². The first kappa shape index (κ1) is 11.0. The molecular weight excluding hydrogens is 244 g/mol. The second-order valence-corrected chi connectivity index (χ2v) is 5.19. The summed E-state index contributed by atoms with van der Waals surface area (Å²) in [6.07, 6.45) is 0. The van der Waals surface area contributed by atoms with Gasteiger partial charge in [0.2, 0.25) is 0 Å². The van der Waals surface area contributed by atoms with E-state index in [1.807, 2.05) is 48.5 Å². The molecule has 18 heavy (non-hydrogen) atoms. The lowest BCUT2D eigenvalue weighted by Gasteiger charge is -2.04. The lowest BCUT2D eigenvalue weighted by atomic mass is 10.2. The van der Waals surface area contributed by atoms with Gasteiger partial charge in [0.15, 0.2) is 0 Å². The molecule has 2 aromatic carbocycles. The molecule has 0 aliphatic carbocycles. The molecule has 0 radical (unpaired) electrons. The van der Waals surface area contributed by atoms with Gasteiger partial charge in [0.1, 0.15) is 0 Å². The van der Waals surface area contributed by atoms with Gasteiger partial charge in [0, 0.05) is 5.69 Å². The molecule has 1 heterocycles. The Balaban J connectivity index is 2.09. The molecule has 0 fully saturated rings. The number of hydrogen-bond acceptors (Lipinski definition) is 3. The van der Waals surface area contributed by atoms with Crippen molar-refractivity contribution in [2.45, 2.75) is 6.54 Å². The molecule has 0 aliphatic rings. The number of nitrogens with two attached hydrogens (primary N) is 1. The molecule has 1 aromatic heterocycles. The molecule has 0 saturated carbocycles. The number of para-hydroxylation sites is 1. The minimum absolute atomic E-state index is 0.0545. The topological polar surface area (TPSA) is 48.0 Å². The van der Waals surface area contributed by atoms with Crippen LogP contribution in [-0.2, 0) is 6.54 Å². The summed E-state index contributed by atoms with van der Waals surface area (Å²) < 4.78 is 2.76. The fraction of sp³-hybridized carbons (Fsp3) is 0.0714. The minimum Gasteiger partial charge on any atom is -0.398 e. The second kappa shape index (κ2) is 4.31. The summed E-state index contributed by atoms with van der Waals surface area (Å²) in [5, 5.41) is 0.775. The Labute approximate surface area is 108 Å². The molecule has 0 aliphatic heterocycles. The first-order chi connectivity index (χ1) is 8.75. The average molecular weight is 256 g/mol. The van der Waals surface area contributed by atoms with E-state index in [1.165, 1.54) is 11.5 Å². The Morgan fingerprint density at radius 2 is 1.78 bits per heavy atom. The average Bonchev–Trinajstić information content (AvgIpc) is 2.70. The molecule has 2 N–H and O–H groups in total. The van der Waals surface area contributed by atoms with E-state index >= 15 is 0 Å². The zero-order valence-electron chi connectivity index (χ0n) is 9.67. The van der Waals surface area contributed by atoms with Crippen LogP contribution in [0.4, 0.5) is 5.69 Å². The van der Waals surface area contributed by atoms with Crippen LogP contribution in [0, 0.1) is 0 Å². The maximum Gasteiger partial charge on any atom is 0.268 e. The highest BCUT2D eigenvalue weighted by atomic mass is 32.1. The van der Waals surface area contributed by atoms with Gasteiger partial charge in [-0.2, -0.15) is 0 Å². The van der Waals surface area contributed by atoms with Crippen LogP contribution in [0.1, 0.15) is 5.56 Å². The van der Waals surface area contributed by atoms with E-state index in [-0.39, 0.29) is 5.56 Å². The van der Waals surface area contributed by atoms with Gasteiger partial charge in [-0.1, -0.05) is 41.9 Å². The molecule has 4 heteroatoms. The van der Waals surface area contributed by atoms with Crippen LogP contribution in [0.3, 0.4) is 0 Å². The van der Waals surface area contributed by atoms with Gasteiger partial charge in [0.25, 0.3) is 5.56 Å². The summed E-state index contributed by atoms with van der Waals surface area (Å²) in [5.74, 6) is 0. The first-order valence-corrected chi connectivity index (χ1v) is 6.45. The van der Waals surface area contributed by atoms with Crippen molar-refractivity contribution in [3.05, 3.63) is 64.4 Å². The standard InChI is InChI=1S/C14H12N2OS/c15-12-7-3-1-5-10(12)9-16-14(17)11-6-2-4-8-13(11)18-16/h1-8H,9,15H2. The molecule has 3 rings (SSSR count). The lowest BCUT2D eigenvalue weighted by Crippen LogP contribution is -2.14. The smallest absolute Gasteiger partial charge is 0.268 e. The van der Waals surface area contributed by atoms with Crippen molar-refractivity contribution in [3.8, 4) is 0 Å². The van der Waals surface area contributed by atoms with Gasteiger partial charge in [-0.05, 0) is 23.8 Å². The molecule has 0 saturated heterocycles. The SMILES string of the molecule is Nc1ccccc1Cn1sc2ccccc2c1=O. The predicted octanol–water partition coefficient (Wildman–Crippen LogP) is 2.69. The van der Waals surface area contributed by atoms with E-state index < -0.39 is 0 Å². The van der Waals surface area contributed by atoms with E-state index in [0.717, 1.165) is 21.3 Å². The maximum absolute atomic E-state index is 12.2. The number of fused-ring (bicyclic) bond motifs is 1. The van der Waals surface area contributed by atoms with Gasteiger partial charge < -0.3 is 5.73 Å². The predicted molar refractivity (Wildman–Crippen MR) is 76.0 cm³/mol. The Morgan fingerprint density at radius 1 is 1.06 bits per heavy atom. The zero-order valence-corrected chi connectivity index (χ0v) is 10.5. The van der Waals surface area contributed by atoms with E-state index in [1.54, 1.807) is 3.96 Å². The zero-order chi connectivity index (χ0) is 12.5. The van der Waals surface area contributed by atoms with Gasteiger partial charge in [0.05, 0.1) is 16.6 Å². The highest BCUT2D eigenvalue weighted by Gasteiger charge is 2.08. The quantitative estimate of drug-likeness (QED) is 0.717. The third-order valence-corrected chi connectivity index (χ3v) is 3.99. The van der Waals surface area contributed by atoms with E-state index in [0.29, 0.717) is 6.54 Å². The van der Waals surface area contributed by atoms with Crippen molar-refractivity contribution in [1.82, 2.24) is 3.96 Å². The molecule has 0 spiro atoms. The third kappa shape index (κ3) is 1.80. The highest BCUT2D eigenvalue weighted by molar-refractivity contribution is 7.13. The normalized spacial score (nSPS) is 10.9.